The van der Waals surface area contributed by atoms with Gasteiger partial charge < -0.3 is 39.9 Å². The fourth-order valence-electron chi connectivity index (χ4n) is 9.28. The number of piperazine rings is 1. The molecule has 3 N–H and O–H groups in total. The fourth-order valence-corrected chi connectivity index (χ4v) is 10.9. The zero-order valence-electron chi connectivity index (χ0n) is 42.0. The molecule has 9 rings (SSSR count). The van der Waals surface area contributed by atoms with Gasteiger partial charge in [-0.25, -0.2) is 9.37 Å². The Balaban J connectivity index is 0.752. The molecule has 17 nitrogen and oxygen atoms in total. The van der Waals surface area contributed by atoms with Crippen molar-refractivity contribution < 1.29 is 33.4 Å². The van der Waals surface area contributed by atoms with Crippen molar-refractivity contribution in [2.24, 2.45) is 4.99 Å². The second kappa shape index (κ2) is 23.2. The van der Waals surface area contributed by atoms with Crippen LogP contribution in [-0.2, 0) is 23.9 Å². The number of aromatic hydroxyl groups is 1. The first-order chi connectivity index (χ1) is 36.2. The van der Waals surface area contributed by atoms with Crippen LogP contribution >= 0.6 is 34.5 Å². The highest BCUT2D eigenvalue weighted by atomic mass is 35.5. The lowest BCUT2D eigenvalue weighted by Gasteiger charge is -2.35. The minimum Gasteiger partial charge on any atom is -0.508 e. The van der Waals surface area contributed by atoms with Gasteiger partial charge in [0.15, 0.2) is 11.6 Å². The number of aliphatic imine (C=N–C) groups is 1. The van der Waals surface area contributed by atoms with Crippen molar-refractivity contribution in [3.8, 4) is 21.9 Å². The van der Waals surface area contributed by atoms with E-state index in [4.69, 9.17) is 42.7 Å². The van der Waals surface area contributed by atoms with Crippen molar-refractivity contribution >= 4 is 91.4 Å². The molecule has 0 spiro atoms. The van der Waals surface area contributed by atoms with Gasteiger partial charge >= 0.3 is 0 Å². The van der Waals surface area contributed by atoms with Gasteiger partial charge in [0.1, 0.15) is 34.0 Å². The number of anilines is 2. The second-order valence-electron chi connectivity index (χ2n) is 18.2. The van der Waals surface area contributed by atoms with Crippen LogP contribution < -0.4 is 15.5 Å². The average Bonchev–Trinajstić information content (AvgIpc) is 3.90. The number of aryl methyl sites for hydroxylation is 2. The first-order valence-electron chi connectivity index (χ1n) is 24.5. The average molecular weight is 1080 g/mol. The summed E-state index contributed by atoms with van der Waals surface area (Å²) in [4.78, 5) is 59.9. The summed E-state index contributed by atoms with van der Waals surface area (Å²) in [5.41, 5.74) is 4.26. The summed E-state index contributed by atoms with van der Waals surface area (Å²) in [5, 5.41) is 29.0. The topological polar surface area (TPSA) is 193 Å². The Kier molecular flexibility index (Phi) is 16.4. The number of aromatic nitrogens is 5. The molecule has 1 atom stereocenters. The lowest BCUT2D eigenvalue weighted by molar-refractivity contribution is -0.130. The van der Waals surface area contributed by atoms with Gasteiger partial charge in [-0.05, 0) is 79.1 Å². The number of fused-ring (bicyclic) bond motifs is 5. The SMILES string of the molecule is C=CC(=O)N1CCN(c2nc(NCCC(=O)N(C)CCOCCOCCNC(=O)C[C@@H]3N=C(c4ccc(Cl)cc4)c4c(sc(C)c4C)-n4c(C)nnc43)nc3c(F)c(-c4cc(O)cc5ccccc45)c(Cl)cc23)CC1. The maximum atomic E-state index is 17.0. The van der Waals surface area contributed by atoms with Crippen LogP contribution in [0.1, 0.15) is 52.1 Å². The number of phenolic OH excluding ortho intramolecular Hbond substituents is 1. The molecule has 5 heterocycles. The van der Waals surface area contributed by atoms with E-state index in [0.717, 1.165) is 32.3 Å². The molecule has 390 valence electrons. The molecular weight excluding hydrogens is 1020 g/mol. The van der Waals surface area contributed by atoms with E-state index in [9.17, 15) is 19.5 Å². The third-order valence-corrected chi connectivity index (χ3v) is 15.1. The molecular formula is C54H56Cl2FN11O6S. The first kappa shape index (κ1) is 52.8. The van der Waals surface area contributed by atoms with E-state index in [2.05, 4.69) is 46.2 Å². The van der Waals surface area contributed by atoms with Crippen molar-refractivity contribution in [1.29, 1.82) is 0 Å². The van der Waals surface area contributed by atoms with Crippen LogP contribution in [0.25, 0.3) is 37.8 Å². The highest BCUT2D eigenvalue weighted by molar-refractivity contribution is 7.15. The van der Waals surface area contributed by atoms with Crippen LogP contribution in [0.4, 0.5) is 16.2 Å². The van der Waals surface area contributed by atoms with Crippen molar-refractivity contribution in [3.63, 3.8) is 0 Å². The Hall–Kier alpha value is -7.03. The molecule has 2 aliphatic rings. The summed E-state index contributed by atoms with van der Waals surface area (Å²) in [7, 11) is 1.68. The molecule has 3 aromatic heterocycles. The minimum atomic E-state index is -0.694. The summed E-state index contributed by atoms with van der Waals surface area (Å²) in [6.07, 6.45) is 1.42. The van der Waals surface area contributed by atoms with E-state index < -0.39 is 11.9 Å². The molecule has 0 unspecified atom stereocenters. The quantitative estimate of drug-likeness (QED) is 0.0519. The van der Waals surface area contributed by atoms with Gasteiger partial charge in [-0.1, -0.05) is 66.2 Å². The summed E-state index contributed by atoms with van der Waals surface area (Å²) < 4.78 is 30.5. The van der Waals surface area contributed by atoms with E-state index in [0.29, 0.717) is 76.9 Å². The zero-order chi connectivity index (χ0) is 52.9. The number of likely N-dealkylation sites (N-methyl/N-ethyl adjacent to an activating group) is 1. The maximum Gasteiger partial charge on any atom is 0.246 e. The number of thiophene rings is 1. The molecule has 7 aromatic rings. The van der Waals surface area contributed by atoms with Crippen LogP contribution in [-0.4, -0.2) is 142 Å². The molecule has 1 saturated heterocycles. The number of carbonyl (C=O) groups excluding carboxylic acids is 3. The molecule has 0 aliphatic carbocycles. The van der Waals surface area contributed by atoms with Crippen LogP contribution in [0.5, 0.6) is 5.75 Å². The molecule has 0 radical (unpaired) electrons. The van der Waals surface area contributed by atoms with Gasteiger partial charge in [-0.15, -0.1) is 21.5 Å². The van der Waals surface area contributed by atoms with E-state index in [1.54, 1.807) is 40.3 Å². The van der Waals surface area contributed by atoms with Crippen molar-refractivity contribution in [3.05, 3.63) is 128 Å². The summed E-state index contributed by atoms with van der Waals surface area (Å²) >= 11 is 14.8. The normalized spacial score (nSPS) is 14.3. The monoisotopic (exact) mass is 1080 g/mol. The van der Waals surface area contributed by atoms with E-state index >= 15 is 4.39 Å². The number of amides is 3. The number of hydrogen-bond donors (Lipinski definition) is 3. The Bertz CT molecular complexity index is 3340. The number of phenols is 1. The highest BCUT2D eigenvalue weighted by Gasteiger charge is 2.33. The number of ether oxygens (including phenoxy) is 2. The Morgan fingerprint density at radius 2 is 1.67 bits per heavy atom. The number of rotatable bonds is 19. The Morgan fingerprint density at radius 1 is 0.920 bits per heavy atom. The third-order valence-electron chi connectivity index (χ3n) is 13.3. The molecule has 0 bridgehead atoms. The minimum absolute atomic E-state index is 0.00299. The molecule has 3 amide bonds. The van der Waals surface area contributed by atoms with Crippen molar-refractivity contribution in [2.75, 3.05) is 89.5 Å². The zero-order valence-corrected chi connectivity index (χ0v) is 44.3. The number of nitrogens with one attached hydrogen (secondary N) is 2. The molecule has 75 heavy (non-hydrogen) atoms. The fraction of sp³-hybridized carbons (Fsp3) is 0.333. The number of carbonyl (C=O) groups is 3. The first-order valence-corrected chi connectivity index (χ1v) is 26.1. The van der Waals surface area contributed by atoms with Gasteiger partial charge in [0.2, 0.25) is 23.7 Å². The van der Waals surface area contributed by atoms with Crippen LogP contribution in [0.3, 0.4) is 0 Å². The molecule has 2 aliphatic heterocycles. The van der Waals surface area contributed by atoms with Gasteiger partial charge in [0.25, 0.3) is 0 Å². The van der Waals surface area contributed by atoms with Crippen LogP contribution in [0, 0.1) is 26.6 Å². The Labute approximate surface area is 447 Å². The largest absolute Gasteiger partial charge is 0.508 e. The van der Waals surface area contributed by atoms with Crippen molar-refractivity contribution in [1.82, 2.24) is 39.8 Å². The molecule has 21 heteroatoms. The maximum absolute atomic E-state index is 17.0. The number of nitrogens with zero attached hydrogens (tertiary/aromatic N) is 9. The van der Waals surface area contributed by atoms with Crippen molar-refractivity contribution in [2.45, 2.75) is 39.7 Å². The second-order valence-corrected chi connectivity index (χ2v) is 20.3. The number of benzene rings is 4. The van der Waals surface area contributed by atoms with E-state index in [1.165, 1.54) is 12.1 Å². The predicted molar refractivity (Wildman–Crippen MR) is 291 cm³/mol. The third kappa shape index (κ3) is 11.5. The van der Waals surface area contributed by atoms with Crippen LogP contribution in [0.2, 0.25) is 10.0 Å². The standard InChI is InChI=1S/C54H56Cl2FN11O6S/c1-6-44(71)66-18-20-67(21-19-66)51-40-29-41(56)47(39-28-37(69)27-35-9-7-8-10-38(35)39)48(57)50(40)61-54(62-51)59-16-15-45(72)65(5)22-24-74-26-25-73-23-17-58-43(70)30-42-52-64-63-33(4)68(52)53-46(31(2)32(3)75-53)49(60-42)34-11-13-36(55)14-12-34/h6-14,27-29,42,69H,1,15-26,30H2,2-5H3,(H,58,70)(H,59,61,62)/t42-/m0/s1. The van der Waals surface area contributed by atoms with Gasteiger partial charge in [0, 0.05) is 91.3 Å². The lowest BCUT2D eigenvalue weighted by atomic mass is 9.96. The van der Waals surface area contributed by atoms with E-state index in [-0.39, 0.29) is 97.9 Å². The predicted octanol–water partition coefficient (Wildman–Crippen LogP) is 8.40. The number of hydrogen-bond acceptors (Lipinski definition) is 14. The smallest absolute Gasteiger partial charge is 0.246 e. The number of halogens is 3. The van der Waals surface area contributed by atoms with Gasteiger partial charge in [0.05, 0.1) is 43.6 Å². The Morgan fingerprint density at radius 3 is 2.43 bits per heavy atom. The molecule has 1 fully saturated rings. The van der Waals surface area contributed by atoms with E-state index in [1.807, 2.05) is 64.9 Å². The molecule has 4 aromatic carbocycles. The van der Waals surface area contributed by atoms with Gasteiger partial charge in [-0.2, -0.15) is 4.98 Å². The molecule has 0 saturated carbocycles. The summed E-state index contributed by atoms with van der Waals surface area (Å²) in [5.74, 6) is 0.557. The highest BCUT2D eigenvalue weighted by Crippen LogP contribution is 2.43. The lowest BCUT2D eigenvalue weighted by Crippen LogP contribution is -2.48. The van der Waals surface area contributed by atoms with Gasteiger partial charge in [-0.3, -0.25) is 23.9 Å². The summed E-state index contributed by atoms with van der Waals surface area (Å²) in [6, 6.07) is 19.0. The summed E-state index contributed by atoms with van der Waals surface area (Å²) in [6.45, 7) is 13.1. The van der Waals surface area contributed by atoms with Crippen LogP contribution in [0.15, 0.2) is 84.4 Å².